The number of ether oxygens (including phenoxy) is 2. The Labute approximate surface area is 120 Å². The van der Waals surface area contributed by atoms with Gasteiger partial charge >= 0.3 is 0 Å². The summed E-state index contributed by atoms with van der Waals surface area (Å²) in [6, 6.07) is 2.15. The maximum absolute atomic E-state index is 6.55. The van der Waals surface area contributed by atoms with Crippen molar-refractivity contribution in [2.24, 2.45) is 11.7 Å². The van der Waals surface area contributed by atoms with E-state index in [1.165, 1.54) is 11.1 Å². The molecule has 1 aromatic rings. The minimum atomic E-state index is 0.0136. The number of pyridine rings is 1. The number of nitrogens with zero attached hydrogens (tertiary/aromatic N) is 1. The monoisotopic (exact) mass is 276 g/mol. The molecule has 2 saturated heterocycles. The van der Waals surface area contributed by atoms with Crippen LogP contribution in [0.25, 0.3) is 0 Å². The summed E-state index contributed by atoms with van der Waals surface area (Å²) in [5.41, 5.74) is 8.98. The van der Waals surface area contributed by atoms with E-state index < -0.39 is 0 Å². The van der Waals surface area contributed by atoms with E-state index in [1.54, 1.807) is 0 Å². The van der Waals surface area contributed by atoms with E-state index in [0.717, 1.165) is 45.5 Å². The first kappa shape index (κ1) is 14.0. The molecule has 3 rings (SSSR count). The van der Waals surface area contributed by atoms with Gasteiger partial charge in [-0.3, -0.25) is 4.98 Å². The SMILES string of the molecule is Cc1cnccc1C(N)C1CCOC2(CCOCC2)C1. The van der Waals surface area contributed by atoms with E-state index in [2.05, 4.69) is 18.0 Å². The molecular weight excluding hydrogens is 252 g/mol. The molecule has 1 aromatic heterocycles. The lowest BCUT2D eigenvalue weighted by Crippen LogP contribution is -2.46. The second kappa shape index (κ2) is 5.80. The lowest BCUT2D eigenvalue weighted by molar-refractivity contribution is -0.149. The highest BCUT2D eigenvalue weighted by Gasteiger charge is 2.40. The van der Waals surface area contributed by atoms with Crippen LogP contribution >= 0.6 is 0 Å². The highest BCUT2D eigenvalue weighted by Crippen LogP contribution is 2.41. The van der Waals surface area contributed by atoms with Gasteiger partial charge in [-0.25, -0.2) is 0 Å². The van der Waals surface area contributed by atoms with E-state index >= 15 is 0 Å². The van der Waals surface area contributed by atoms with Crippen LogP contribution in [0, 0.1) is 12.8 Å². The van der Waals surface area contributed by atoms with Gasteiger partial charge in [0.1, 0.15) is 0 Å². The summed E-state index contributed by atoms with van der Waals surface area (Å²) in [5.74, 6) is 0.489. The van der Waals surface area contributed by atoms with Gasteiger partial charge in [0, 0.05) is 38.3 Å². The fourth-order valence-corrected chi connectivity index (χ4v) is 3.58. The fraction of sp³-hybridized carbons (Fsp3) is 0.688. The normalized spacial score (nSPS) is 27.4. The van der Waals surface area contributed by atoms with Crippen molar-refractivity contribution in [1.82, 2.24) is 4.98 Å². The van der Waals surface area contributed by atoms with Crippen molar-refractivity contribution < 1.29 is 9.47 Å². The summed E-state index contributed by atoms with van der Waals surface area (Å²) in [6.45, 7) is 4.54. The molecule has 2 N–H and O–H groups in total. The number of aryl methyl sites for hydroxylation is 1. The van der Waals surface area contributed by atoms with Crippen LogP contribution in [0.1, 0.15) is 42.9 Å². The lowest BCUT2D eigenvalue weighted by atomic mass is 9.76. The average Bonchev–Trinajstić information content (AvgIpc) is 2.48. The van der Waals surface area contributed by atoms with E-state index in [-0.39, 0.29) is 11.6 Å². The van der Waals surface area contributed by atoms with Crippen molar-refractivity contribution in [1.29, 1.82) is 0 Å². The molecule has 1 spiro atoms. The molecule has 2 aliphatic rings. The standard InChI is InChI=1S/C16H24N2O2/c1-12-11-18-6-2-14(12)15(17)13-3-7-20-16(10-13)4-8-19-9-5-16/h2,6,11,13,15H,3-5,7-10,17H2,1H3. The Morgan fingerprint density at radius 1 is 1.35 bits per heavy atom. The lowest BCUT2D eigenvalue weighted by Gasteiger charge is -2.45. The second-order valence-electron chi connectivity index (χ2n) is 6.15. The van der Waals surface area contributed by atoms with Crippen molar-refractivity contribution in [3.63, 3.8) is 0 Å². The zero-order chi connectivity index (χ0) is 14.0. The Bertz CT molecular complexity index is 452. The molecule has 2 atom stereocenters. The van der Waals surface area contributed by atoms with Gasteiger partial charge < -0.3 is 15.2 Å². The van der Waals surface area contributed by atoms with Gasteiger partial charge in [-0.15, -0.1) is 0 Å². The van der Waals surface area contributed by atoms with Gasteiger partial charge in [-0.05, 0) is 55.7 Å². The van der Waals surface area contributed by atoms with Gasteiger partial charge in [0.15, 0.2) is 0 Å². The highest BCUT2D eigenvalue weighted by atomic mass is 16.5. The minimum absolute atomic E-state index is 0.0136. The summed E-state index contributed by atoms with van der Waals surface area (Å²) in [5, 5.41) is 0. The van der Waals surface area contributed by atoms with E-state index in [0.29, 0.717) is 5.92 Å². The molecule has 0 aromatic carbocycles. The zero-order valence-corrected chi connectivity index (χ0v) is 12.2. The number of hydrogen-bond acceptors (Lipinski definition) is 4. The molecule has 110 valence electrons. The molecule has 0 bridgehead atoms. The van der Waals surface area contributed by atoms with Gasteiger partial charge in [-0.2, -0.15) is 0 Å². The number of aromatic nitrogens is 1. The first-order chi connectivity index (χ1) is 9.70. The molecule has 2 fully saturated rings. The highest BCUT2D eigenvalue weighted by molar-refractivity contribution is 5.25. The molecule has 0 aliphatic carbocycles. The van der Waals surface area contributed by atoms with Crippen LogP contribution < -0.4 is 5.73 Å². The van der Waals surface area contributed by atoms with Gasteiger partial charge in [0.05, 0.1) is 5.60 Å². The molecule has 0 radical (unpaired) electrons. The second-order valence-corrected chi connectivity index (χ2v) is 6.15. The van der Waals surface area contributed by atoms with Crippen LogP contribution in [-0.2, 0) is 9.47 Å². The summed E-state index contributed by atoms with van der Waals surface area (Å²) in [4.78, 5) is 4.16. The van der Waals surface area contributed by atoms with Crippen LogP contribution in [0.2, 0.25) is 0 Å². The zero-order valence-electron chi connectivity index (χ0n) is 12.2. The van der Waals surface area contributed by atoms with E-state index in [1.807, 2.05) is 12.4 Å². The maximum atomic E-state index is 6.55. The molecule has 0 saturated carbocycles. The molecule has 20 heavy (non-hydrogen) atoms. The Morgan fingerprint density at radius 3 is 2.90 bits per heavy atom. The minimum Gasteiger partial charge on any atom is -0.381 e. The molecule has 0 amide bonds. The first-order valence-corrected chi connectivity index (χ1v) is 7.58. The topological polar surface area (TPSA) is 57.4 Å². The molecule has 2 aliphatic heterocycles. The Kier molecular flexibility index (Phi) is 4.06. The summed E-state index contributed by atoms with van der Waals surface area (Å²) in [6.07, 6.45) is 7.85. The van der Waals surface area contributed by atoms with Crippen molar-refractivity contribution in [3.8, 4) is 0 Å². The van der Waals surface area contributed by atoms with Crippen LogP contribution in [0.3, 0.4) is 0 Å². The van der Waals surface area contributed by atoms with Gasteiger partial charge in [0.25, 0.3) is 0 Å². The summed E-state index contributed by atoms with van der Waals surface area (Å²) >= 11 is 0. The van der Waals surface area contributed by atoms with Crippen LogP contribution in [0.4, 0.5) is 0 Å². The third kappa shape index (κ3) is 2.73. The maximum Gasteiger partial charge on any atom is 0.0729 e. The Hall–Kier alpha value is -0.970. The van der Waals surface area contributed by atoms with Crippen molar-refractivity contribution in [2.45, 2.75) is 44.2 Å². The predicted molar refractivity (Wildman–Crippen MR) is 77.4 cm³/mol. The first-order valence-electron chi connectivity index (χ1n) is 7.58. The molecule has 4 nitrogen and oxygen atoms in total. The third-order valence-corrected chi connectivity index (χ3v) is 4.87. The molecule has 4 heteroatoms. The third-order valence-electron chi connectivity index (χ3n) is 4.87. The quantitative estimate of drug-likeness (QED) is 0.901. The largest absolute Gasteiger partial charge is 0.381 e. The van der Waals surface area contributed by atoms with Crippen LogP contribution in [0.5, 0.6) is 0 Å². The molecule has 2 unspecified atom stereocenters. The van der Waals surface area contributed by atoms with Gasteiger partial charge in [-0.1, -0.05) is 0 Å². The molecular formula is C16H24N2O2. The Morgan fingerprint density at radius 2 is 2.15 bits per heavy atom. The number of rotatable bonds is 2. The number of hydrogen-bond donors (Lipinski definition) is 1. The Balaban J connectivity index is 1.75. The predicted octanol–water partition coefficient (Wildman–Crippen LogP) is 2.37. The summed E-state index contributed by atoms with van der Waals surface area (Å²) < 4.78 is 11.6. The van der Waals surface area contributed by atoms with Crippen molar-refractivity contribution >= 4 is 0 Å². The smallest absolute Gasteiger partial charge is 0.0729 e. The average molecular weight is 276 g/mol. The van der Waals surface area contributed by atoms with Crippen molar-refractivity contribution in [2.75, 3.05) is 19.8 Å². The fourth-order valence-electron chi connectivity index (χ4n) is 3.58. The van der Waals surface area contributed by atoms with Crippen LogP contribution in [-0.4, -0.2) is 30.4 Å². The molecule has 3 heterocycles. The van der Waals surface area contributed by atoms with Crippen molar-refractivity contribution in [3.05, 3.63) is 29.6 Å². The van der Waals surface area contributed by atoms with Gasteiger partial charge in [0.2, 0.25) is 0 Å². The van der Waals surface area contributed by atoms with E-state index in [4.69, 9.17) is 15.2 Å². The number of nitrogens with two attached hydrogens (primary N) is 1. The van der Waals surface area contributed by atoms with E-state index in [9.17, 15) is 0 Å². The van der Waals surface area contributed by atoms with Crippen LogP contribution in [0.15, 0.2) is 18.5 Å². The summed E-state index contributed by atoms with van der Waals surface area (Å²) in [7, 11) is 0.